The third-order valence-corrected chi connectivity index (χ3v) is 5.32. The number of carbonyl (C=O) groups excluding carboxylic acids is 2. The number of amides is 2. The van der Waals surface area contributed by atoms with Crippen molar-refractivity contribution in [1.29, 1.82) is 0 Å². The first-order valence-electron chi connectivity index (χ1n) is 9.67. The van der Waals surface area contributed by atoms with Crippen molar-refractivity contribution in [1.82, 2.24) is 0 Å². The summed E-state index contributed by atoms with van der Waals surface area (Å²) in [5.74, 6) is -0.612. The van der Waals surface area contributed by atoms with Crippen LogP contribution < -0.4 is 16.0 Å². The maximum Gasteiger partial charge on any atom is 0.255 e. The summed E-state index contributed by atoms with van der Waals surface area (Å²) in [6, 6.07) is 20.6. The van der Waals surface area contributed by atoms with E-state index in [1.165, 1.54) is 11.3 Å². The van der Waals surface area contributed by atoms with Gasteiger partial charge >= 0.3 is 0 Å². The summed E-state index contributed by atoms with van der Waals surface area (Å²) in [6.45, 7) is 1.03. The van der Waals surface area contributed by atoms with Crippen molar-refractivity contribution in [3.63, 3.8) is 0 Å². The van der Waals surface area contributed by atoms with Gasteiger partial charge in [-0.1, -0.05) is 30.3 Å². The summed E-state index contributed by atoms with van der Waals surface area (Å²) < 4.78 is 0. The van der Waals surface area contributed by atoms with Gasteiger partial charge in [0, 0.05) is 36.1 Å². The zero-order valence-corrected chi connectivity index (χ0v) is 16.3. The van der Waals surface area contributed by atoms with E-state index in [4.69, 9.17) is 5.73 Å². The molecule has 0 aromatic heterocycles. The van der Waals surface area contributed by atoms with Crippen LogP contribution in [0.3, 0.4) is 0 Å². The average Bonchev–Trinajstić information content (AvgIpc) is 2.74. The van der Waals surface area contributed by atoms with Crippen molar-refractivity contribution in [2.45, 2.75) is 12.8 Å². The van der Waals surface area contributed by atoms with Crippen LogP contribution in [0, 0.1) is 0 Å². The SMILES string of the molecule is CN1CCCc2ccc(NC(=O)c3cccc(-c4ccc(C(N)=O)cc4)c3)cc21. The Morgan fingerprint density at radius 2 is 1.72 bits per heavy atom. The number of nitrogens with zero attached hydrogens (tertiary/aromatic N) is 1. The molecule has 3 aromatic carbocycles. The fraction of sp³-hybridized carbons (Fsp3) is 0.167. The minimum atomic E-state index is -0.458. The number of rotatable bonds is 4. The van der Waals surface area contributed by atoms with Crippen molar-refractivity contribution in [3.8, 4) is 11.1 Å². The lowest BCUT2D eigenvalue weighted by Gasteiger charge is -2.28. The fourth-order valence-electron chi connectivity index (χ4n) is 3.71. The zero-order valence-electron chi connectivity index (χ0n) is 16.3. The van der Waals surface area contributed by atoms with E-state index in [1.807, 2.05) is 42.5 Å². The Labute approximate surface area is 170 Å². The Kier molecular flexibility index (Phi) is 5.04. The topological polar surface area (TPSA) is 75.4 Å². The predicted octanol–water partition coefficient (Wildman–Crippen LogP) is 4.09. The van der Waals surface area contributed by atoms with Crippen molar-refractivity contribution in [2.75, 3.05) is 23.8 Å². The van der Waals surface area contributed by atoms with Gasteiger partial charge in [0.05, 0.1) is 0 Å². The lowest BCUT2D eigenvalue weighted by molar-refractivity contribution is 0.0997. The number of anilines is 2. The molecule has 1 heterocycles. The normalized spacial score (nSPS) is 12.9. The van der Waals surface area contributed by atoms with Gasteiger partial charge in [0.1, 0.15) is 0 Å². The van der Waals surface area contributed by atoms with Crippen LogP contribution in [0.1, 0.15) is 32.7 Å². The molecule has 1 aliphatic heterocycles. The number of carbonyl (C=O) groups is 2. The number of hydrogen-bond donors (Lipinski definition) is 2. The van der Waals surface area contributed by atoms with Gasteiger partial charge in [-0.25, -0.2) is 0 Å². The minimum absolute atomic E-state index is 0.154. The Morgan fingerprint density at radius 3 is 2.48 bits per heavy atom. The number of aryl methyl sites for hydroxylation is 1. The molecule has 4 rings (SSSR count). The summed E-state index contributed by atoms with van der Waals surface area (Å²) >= 11 is 0. The highest BCUT2D eigenvalue weighted by Gasteiger charge is 2.15. The molecule has 5 heteroatoms. The van der Waals surface area contributed by atoms with Gasteiger partial charge in [0.2, 0.25) is 5.91 Å². The van der Waals surface area contributed by atoms with Crippen LogP contribution in [0.15, 0.2) is 66.7 Å². The summed E-state index contributed by atoms with van der Waals surface area (Å²) in [5, 5.41) is 3.00. The fourth-order valence-corrected chi connectivity index (χ4v) is 3.71. The van der Waals surface area contributed by atoms with Crippen LogP contribution in [0.2, 0.25) is 0 Å². The molecule has 0 spiro atoms. The molecule has 1 aliphatic rings. The molecule has 0 saturated carbocycles. The van der Waals surface area contributed by atoms with Gasteiger partial charge in [-0.05, 0) is 65.9 Å². The van der Waals surface area contributed by atoms with Gasteiger partial charge < -0.3 is 16.0 Å². The Balaban J connectivity index is 1.54. The average molecular weight is 385 g/mol. The largest absolute Gasteiger partial charge is 0.374 e. The number of benzene rings is 3. The van der Waals surface area contributed by atoms with Gasteiger partial charge in [0.25, 0.3) is 5.91 Å². The van der Waals surface area contributed by atoms with E-state index in [9.17, 15) is 9.59 Å². The number of primary amides is 1. The molecule has 0 saturated heterocycles. The first-order valence-corrected chi connectivity index (χ1v) is 9.67. The monoisotopic (exact) mass is 385 g/mol. The molecular weight excluding hydrogens is 362 g/mol. The van der Waals surface area contributed by atoms with E-state index in [1.54, 1.807) is 18.2 Å². The predicted molar refractivity (Wildman–Crippen MR) is 116 cm³/mol. The van der Waals surface area contributed by atoms with Gasteiger partial charge in [-0.15, -0.1) is 0 Å². The van der Waals surface area contributed by atoms with Crippen LogP contribution in [0.4, 0.5) is 11.4 Å². The molecule has 0 fully saturated rings. The molecule has 3 N–H and O–H groups in total. The summed E-state index contributed by atoms with van der Waals surface area (Å²) in [7, 11) is 2.08. The van der Waals surface area contributed by atoms with Crippen LogP contribution in [-0.4, -0.2) is 25.4 Å². The lowest BCUT2D eigenvalue weighted by Crippen LogP contribution is -2.24. The van der Waals surface area contributed by atoms with Gasteiger partial charge in [-0.2, -0.15) is 0 Å². The lowest BCUT2D eigenvalue weighted by atomic mass is 10.0. The number of fused-ring (bicyclic) bond motifs is 1. The highest BCUT2D eigenvalue weighted by molar-refractivity contribution is 6.05. The Morgan fingerprint density at radius 1 is 0.931 bits per heavy atom. The van der Waals surface area contributed by atoms with Crippen LogP contribution in [0.5, 0.6) is 0 Å². The quantitative estimate of drug-likeness (QED) is 0.710. The van der Waals surface area contributed by atoms with Crippen molar-refractivity contribution >= 4 is 23.2 Å². The molecule has 3 aromatic rings. The molecule has 0 unspecified atom stereocenters. The number of hydrogen-bond acceptors (Lipinski definition) is 3. The summed E-state index contributed by atoms with van der Waals surface area (Å²) in [5.41, 5.74) is 11.4. The van der Waals surface area contributed by atoms with E-state index in [0.29, 0.717) is 11.1 Å². The maximum atomic E-state index is 12.8. The summed E-state index contributed by atoms with van der Waals surface area (Å²) in [6.07, 6.45) is 2.23. The first-order chi connectivity index (χ1) is 14.0. The van der Waals surface area contributed by atoms with Gasteiger partial charge in [0.15, 0.2) is 0 Å². The molecule has 146 valence electrons. The number of nitrogens with two attached hydrogens (primary N) is 1. The molecule has 0 radical (unpaired) electrons. The first kappa shape index (κ1) is 18.7. The molecular formula is C24H23N3O2. The van der Waals surface area contributed by atoms with E-state index in [0.717, 1.165) is 36.2 Å². The van der Waals surface area contributed by atoms with E-state index < -0.39 is 5.91 Å². The van der Waals surface area contributed by atoms with E-state index in [2.05, 4.69) is 23.3 Å². The van der Waals surface area contributed by atoms with Crippen molar-refractivity contribution in [2.24, 2.45) is 5.73 Å². The highest BCUT2D eigenvalue weighted by atomic mass is 16.2. The number of nitrogens with one attached hydrogen (secondary N) is 1. The molecule has 2 amide bonds. The second kappa shape index (κ2) is 7.80. The van der Waals surface area contributed by atoms with E-state index >= 15 is 0 Å². The smallest absolute Gasteiger partial charge is 0.255 e. The molecule has 29 heavy (non-hydrogen) atoms. The zero-order chi connectivity index (χ0) is 20.4. The summed E-state index contributed by atoms with van der Waals surface area (Å²) in [4.78, 5) is 26.3. The van der Waals surface area contributed by atoms with E-state index in [-0.39, 0.29) is 5.91 Å². The molecule has 0 bridgehead atoms. The third kappa shape index (κ3) is 3.99. The second-order valence-corrected chi connectivity index (χ2v) is 7.35. The second-order valence-electron chi connectivity index (χ2n) is 7.35. The Bertz CT molecular complexity index is 1070. The molecule has 0 aliphatic carbocycles. The highest BCUT2D eigenvalue weighted by Crippen LogP contribution is 2.29. The minimum Gasteiger partial charge on any atom is -0.374 e. The standard InChI is InChI=1S/C24H23N3O2/c1-27-13-3-6-17-11-12-21(15-22(17)27)26-24(29)20-5-2-4-19(14-20)16-7-9-18(10-8-16)23(25)28/h2,4-5,7-12,14-15H,3,6,13H2,1H3,(H2,25,28)(H,26,29). The van der Waals surface area contributed by atoms with Gasteiger partial charge in [-0.3, -0.25) is 9.59 Å². The van der Waals surface area contributed by atoms with Crippen LogP contribution >= 0.6 is 0 Å². The Hall–Kier alpha value is -3.60. The van der Waals surface area contributed by atoms with Crippen LogP contribution in [-0.2, 0) is 6.42 Å². The maximum absolute atomic E-state index is 12.8. The van der Waals surface area contributed by atoms with Crippen molar-refractivity contribution < 1.29 is 9.59 Å². The van der Waals surface area contributed by atoms with Crippen molar-refractivity contribution in [3.05, 3.63) is 83.4 Å². The van der Waals surface area contributed by atoms with Crippen LogP contribution in [0.25, 0.3) is 11.1 Å². The molecule has 5 nitrogen and oxygen atoms in total. The molecule has 0 atom stereocenters. The third-order valence-electron chi connectivity index (χ3n) is 5.32.